The fourth-order valence-electron chi connectivity index (χ4n) is 3.36. The Kier molecular flexibility index (Phi) is 7.01. The summed E-state index contributed by atoms with van der Waals surface area (Å²) in [6.07, 6.45) is 0.891. The zero-order chi connectivity index (χ0) is 22.5. The predicted octanol–water partition coefficient (Wildman–Crippen LogP) is 2.60. The van der Waals surface area contributed by atoms with Crippen molar-refractivity contribution in [2.45, 2.75) is 37.3 Å². The summed E-state index contributed by atoms with van der Waals surface area (Å²) in [5.41, 5.74) is 0.707. The third-order valence-electron chi connectivity index (χ3n) is 4.82. The highest BCUT2D eigenvalue weighted by molar-refractivity contribution is 5.73. The van der Waals surface area contributed by atoms with Gasteiger partial charge in [-0.2, -0.15) is 13.2 Å². The Hall–Kier alpha value is -2.86. The van der Waals surface area contributed by atoms with Crippen molar-refractivity contribution in [2.24, 2.45) is 0 Å². The van der Waals surface area contributed by atoms with E-state index in [9.17, 15) is 17.6 Å². The zero-order valence-corrected chi connectivity index (χ0v) is 16.3. The van der Waals surface area contributed by atoms with Crippen LogP contribution in [0.15, 0.2) is 36.8 Å². The number of hydrogen-bond acceptors (Lipinski definition) is 7. The van der Waals surface area contributed by atoms with E-state index in [-0.39, 0.29) is 11.7 Å². The van der Waals surface area contributed by atoms with Gasteiger partial charge in [0.1, 0.15) is 0 Å². The lowest BCUT2D eigenvalue weighted by atomic mass is 9.98. The maximum atomic E-state index is 13.0. The minimum absolute atomic E-state index is 0.0705. The first kappa shape index (κ1) is 22.8. The number of rotatable bonds is 4. The molecular weight excluding hydrogens is 424 g/mol. The molecule has 0 radical (unpaired) electrons. The fraction of sp³-hybridized carbons (Fsp3) is 0.474. The molecule has 12 heteroatoms. The Morgan fingerprint density at radius 2 is 2.00 bits per heavy atom. The SMILES string of the molecule is Fc1cnc(N2CC[C@]3(C[C@@H](OCc4ccccn4)CO3)C2)nc1.O=C(O)C(F)(F)F. The van der Waals surface area contributed by atoms with Crippen molar-refractivity contribution in [3.05, 3.63) is 48.3 Å². The quantitative estimate of drug-likeness (QED) is 0.719. The van der Waals surface area contributed by atoms with Gasteiger partial charge in [-0.25, -0.2) is 19.2 Å². The summed E-state index contributed by atoms with van der Waals surface area (Å²) >= 11 is 0. The average molecular weight is 444 g/mol. The van der Waals surface area contributed by atoms with Gasteiger partial charge in [-0.05, 0) is 18.6 Å². The molecule has 0 aromatic carbocycles. The lowest BCUT2D eigenvalue weighted by molar-refractivity contribution is -0.192. The summed E-state index contributed by atoms with van der Waals surface area (Å²) < 4.78 is 56.7. The molecule has 2 aliphatic heterocycles. The van der Waals surface area contributed by atoms with Gasteiger partial charge in [0.25, 0.3) is 0 Å². The molecule has 1 N–H and O–H groups in total. The number of aromatic nitrogens is 3. The number of carbonyl (C=O) groups is 1. The van der Waals surface area contributed by atoms with E-state index >= 15 is 0 Å². The van der Waals surface area contributed by atoms with Gasteiger partial charge < -0.3 is 19.5 Å². The minimum atomic E-state index is -5.08. The van der Waals surface area contributed by atoms with Crippen LogP contribution in [0, 0.1) is 5.82 Å². The van der Waals surface area contributed by atoms with E-state index in [2.05, 4.69) is 15.0 Å². The first-order chi connectivity index (χ1) is 14.7. The molecule has 1 spiro atoms. The number of pyridine rings is 1. The van der Waals surface area contributed by atoms with E-state index in [0.29, 0.717) is 25.7 Å². The van der Waals surface area contributed by atoms with Crippen LogP contribution in [0.25, 0.3) is 0 Å². The molecular formula is C19H20F4N4O4. The summed E-state index contributed by atoms with van der Waals surface area (Å²) in [5.74, 6) is -2.63. The predicted molar refractivity (Wildman–Crippen MR) is 98.6 cm³/mol. The second kappa shape index (κ2) is 9.52. The summed E-state index contributed by atoms with van der Waals surface area (Å²) in [6, 6.07) is 5.80. The van der Waals surface area contributed by atoms with Crippen molar-refractivity contribution >= 4 is 11.9 Å². The molecule has 2 aromatic heterocycles. The Morgan fingerprint density at radius 3 is 2.61 bits per heavy atom. The Bertz CT molecular complexity index is 869. The molecule has 2 saturated heterocycles. The highest BCUT2D eigenvalue weighted by Crippen LogP contribution is 2.37. The van der Waals surface area contributed by atoms with Gasteiger partial charge in [0, 0.05) is 19.2 Å². The molecule has 0 unspecified atom stereocenters. The van der Waals surface area contributed by atoms with Gasteiger partial charge >= 0.3 is 12.1 Å². The maximum absolute atomic E-state index is 13.0. The third kappa shape index (κ3) is 6.31. The van der Waals surface area contributed by atoms with Crippen LogP contribution in [0.5, 0.6) is 0 Å². The molecule has 0 aliphatic carbocycles. The van der Waals surface area contributed by atoms with Crippen LogP contribution in [0.3, 0.4) is 0 Å². The number of anilines is 1. The molecule has 0 bridgehead atoms. The van der Waals surface area contributed by atoms with Crippen LogP contribution in [0.1, 0.15) is 18.5 Å². The van der Waals surface area contributed by atoms with Crippen LogP contribution in [0.4, 0.5) is 23.5 Å². The molecule has 2 fully saturated rings. The molecule has 0 saturated carbocycles. The van der Waals surface area contributed by atoms with Crippen molar-refractivity contribution in [1.82, 2.24) is 15.0 Å². The maximum Gasteiger partial charge on any atom is 0.490 e. The molecule has 2 aliphatic rings. The topological polar surface area (TPSA) is 97.7 Å². The second-order valence-electron chi connectivity index (χ2n) is 7.13. The van der Waals surface area contributed by atoms with Crippen LogP contribution < -0.4 is 4.90 Å². The van der Waals surface area contributed by atoms with E-state index in [1.807, 2.05) is 23.1 Å². The van der Waals surface area contributed by atoms with E-state index in [1.165, 1.54) is 12.4 Å². The molecule has 31 heavy (non-hydrogen) atoms. The summed E-state index contributed by atoms with van der Waals surface area (Å²) in [5, 5.41) is 7.12. The molecule has 2 atom stereocenters. The van der Waals surface area contributed by atoms with Gasteiger partial charge in [-0.3, -0.25) is 4.98 Å². The number of hydrogen-bond donors (Lipinski definition) is 1. The first-order valence-electron chi connectivity index (χ1n) is 9.35. The number of carboxylic acid groups (broad SMARTS) is 1. The number of halogens is 4. The van der Waals surface area contributed by atoms with Gasteiger partial charge in [-0.15, -0.1) is 0 Å². The van der Waals surface area contributed by atoms with Gasteiger partial charge in [-0.1, -0.05) is 6.07 Å². The van der Waals surface area contributed by atoms with Crippen molar-refractivity contribution < 1.29 is 36.9 Å². The van der Waals surface area contributed by atoms with Gasteiger partial charge in [0.15, 0.2) is 5.82 Å². The molecule has 0 amide bonds. The Labute approximate surface area is 174 Å². The lowest BCUT2D eigenvalue weighted by Gasteiger charge is -2.23. The lowest BCUT2D eigenvalue weighted by Crippen LogP contribution is -2.33. The summed E-state index contributed by atoms with van der Waals surface area (Å²) in [6.45, 7) is 2.60. The largest absolute Gasteiger partial charge is 0.490 e. The standard InChI is InChI=1S/C17H19FN4O2.C2HF3O2/c18-13-8-20-16(21-9-13)22-6-4-17(12-22)7-15(11-24-17)23-10-14-3-1-2-5-19-14;3-2(4,5)1(6)7/h1-3,5,8-9,15H,4,6-7,10-12H2;(H,6,7)/t15-,17+;/m1./s1. The number of nitrogens with zero attached hydrogens (tertiary/aromatic N) is 4. The van der Waals surface area contributed by atoms with Crippen molar-refractivity contribution in [2.75, 3.05) is 24.6 Å². The first-order valence-corrected chi connectivity index (χ1v) is 9.35. The number of carboxylic acids is 1. The zero-order valence-electron chi connectivity index (χ0n) is 16.3. The van der Waals surface area contributed by atoms with Crippen LogP contribution in [-0.4, -0.2) is 63.6 Å². The Morgan fingerprint density at radius 1 is 1.29 bits per heavy atom. The summed E-state index contributed by atoms with van der Waals surface area (Å²) in [7, 11) is 0. The van der Waals surface area contributed by atoms with E-state index in [1.54, 1.807) is 6.20 Å². The highest BCUT2D eigenvalue weighted by Gasteiger charge is 2.46. The summed E-state index contributed by atoms with van der Waals surface area (Å²) in [4.78, 5) is 23.3. The second-order valence-corrected chi connectivity index (χ2v) is 7.13. The average Bonchev–Trinajstić information content (AvgIpc) is 3.34. The van der Waals surface area contributed by atoms with Crippen LogP contribution >= 0.6 is 0 Å². The van der Waals surface area contributed by atoms with Gasteiger partial charge in [0.05, 0.1) is 49.6 Å². The van der Waals surface area contributed by atoms with Crippen LogP contribution in [0.2, 0.25) is 0 Å². The molecule has 8 nitrogen and oxygen atoms in total. The Balaban J connectivity index is 0.000000339. The third-order valence-corrected chi connectivity index (χ3v) is 4.82. The van der Waals surface area contributed by atoms with E-state index < -0.39 is 18.0 Å². The van der Waals surface area contributed by atoms with Crippen molar-refractivity contribution in [1.29, 1.82) is 0 Å². The number of aliphatic carboxylic acids is 1. The molecule has 2 aromatic rings. The highest BCUT2D eigenvalue weighted by atomic mass is 19.4. The number of alkyl halides is 3. The van der Waals surface area contributed by atoms with Crippen LogP contribution in [-0.2, 0) is 20.9 Å². The monoisotopic (exact) mass is 444 g/mol. The smallest absolute Gasteiger partial charge is 0.475 e. The molecule has 4 rings (SSSR count). The van der Waals surface area contributed by atoms with Gasteiger partial charge in [0.2, 0.25) is 5.95 Å². The van der Waals surface area contributed by atoms with Crippen molar-refractivity contribution in [3.8, 4) is 0 Å². The molecule has 4 heterocycles. The minimum Gasteiger partial charge on any atom is -0.475 e. The van der Waals surface area contributed by atoms with E-state index in [4.69, 9.17) is 19.4 Å². The fourth-order valence-corrected chi connectivity index (χ4v) is 3.36. The van der Waals surface area contributed by atoms with Crippen molar-refractivity contribution in [3.63, 3.8) is 0 Å². The molecule has 168 valence electrons. The normalized spacial score (nSPS) is 23.0. The van der Waals surface area contributed by atoms with E-state index in [0.717, 1.165) is 25.1 Å². The number of ether oxygens (including phenoxy) is 2.